The molecule has 0 bridgehead atoms. The number of benzene rings is 2. The number of aromatic nitrogens is 4. The monoisotopic (exact) mass is 426 g/mol. The molecule has 0 saturated carbocycles. The molecule has 29 heavy (non-hydrogen) atoms. The highest BCUT2D eigenvalue weighted by molar-refractivity contribution is 7.92. The fourth-order valence-electron chi connectivity index (χ4n) is 2.43. The Balaban J connectivity index is 1.98. The summed E-state index contributed by atoms with van der Waals surface area (Å²) in [6, 6.07) is 8.08. The largest absolute Gasteiger partial charge is 0.418 e. The zero-order chi connectivity index (χ0) is 21.2. The fraction of sp³-hybridized carbons (Fsp3) is 0.125. The molecule has 9 nitrogen and oxygen atoms in total. The van der Waals surface area contributed by atoms with Crippen LogP contribution in [-0.4, -0.2) is 34.5 Å². The molecule has 0 fully saturated rings. The number of alkyl halides is 3. The second-order valence-electron chi connectivity index (χ2n) is 5.80. The van der Waals surface area contributed by atoms with E-state index in [-0.39, 0.29) is 10.6 Å². The number of hydrogen-bond donors (Lipinski definition) is 2. The van der Waals surface area contributed by atoms with Gasteiger partial charge in [0.1, 0.15) is 6.33 Å². The standard InChI is InChI=1S/C16H13F3N6O3S/c1-10(26)21-11-5-6-15(14(7-11)16(17,18)19)22-29(27,28)13-4-2-3-12(8-13)25-9-20-23-24-25/h2-9,22H,1H3,(H,21,26). The van der Waals surface area contributed by atoms with Gasteiger partial charge in [-0.15, -0.1) is 5.10 Å². The molecule has 0 saturated heterocycles. The summed E-state index contributed by atoms with van der Waals surface area (Å²) in [5.41, 5.74) is -1.74. The molecule has 1 heterocycles. The number of rotatable bonds is 5. The van der Waals surface area contributed by atoms with Crippen LogP contribution < -0.4 is 10.0 Å². The summed E-state index contributed by atoms with van der Waals surface area (Å²) in [5, 5.41) is 12.7. The summed E-state index contributed by atoms with van der Waals surface area (Å²) in [4.78, 5) is 10.8. The average Bonchev–Trinajstić information content (AvgIpc) is 3.16. The Bertz CT molecular complexity index is 1150. The van der Waals surface area contributed by atoms with E-state index in [9.17, 15) is 26.4 Å². The zero-order valence-corrected chi connectivity index (χ0v) is 15.5. The normalized spacial score (nSPS) is 11.9. The summed E-state index contributed by atoms with van der Waals surface area (Å²) in [6.45, 7) is 1.14. The maximum Gasteiger partial charge on any atom is 0.418 e. The van der Waals surface area contributed by atoms with Gasteiger partial charge in [0.25, 0.3) is 10.0 Å². The van der Waals surface area contributed by atoms with Gasteiger partial charge in [-0.2, -0.15) is 13.2 Å². The van der Waals surface area contributed by atoms with Crippen molar-refractivity contribution in [3.63, 3.8) is 0 Å². The van der Waals surface area contributed by atoms with Crippen LogP contribution in [0.1, 0.15) is 12.5 Å². The highest BCUT2D eigenvalue weighted by atomic mass is 32.2. The van der Waals surface area contributed by atoms with E-state index >= 15 is 0 Å². The summed E-state index contributed by atoms with van der Waals surface area (Å²) in [5.74, 6) is -0.564. The minimum Gasteiger partial charge on any atom is -0.326 e. The Hall–Kier alpha value is -3.48. The van der Waals surface area contributed by atoms with Crippen molar-refractivity contribution in [2.75, 3.05) is 10.0 Å². The summed E-state index contributed by atoms with van der Waals surface area (Å²) in [6.07, 6.45) is -3.62. The number of sulfonamides is 1. The third-order valence-corrected chi connectivity index (χ3v) is 4.99. The Morgan fingerprint density at radius 3 is 2.52 bits per heavy atom. The van der Waals surface area contributed by atoms with E-state index in [2.05, 4.69) is 20.8 Å². The zero-order valence-electron chi connectivity index (χ0n) is 14.7. The molecule has 0 aliphatic rings. The molecule has 2 aromatic carbocycles. The maximum absolute atomic E-state index is 13.4. The van der Waals surface area contributed by atoms with Gasteiger partial charge in [-0.05, 0) is 46.8 Å². The molecular formula is C16H13F3N6O3S. The van der Waals surface area contributed by atoms with Gasteiger partial charge in [0.2, 0.25) is 5.91 Å². The number of carbonyl (C=O) groups is 1. The molecule has 1 amide bonds. The number of halogens is 3. The van der Waals surface area contributed by atoms with Gasteiger partial charge in [0, 0.05) is 12.6 Å². The van der Waals surface area contributed by atoms with E-state index in [0.29, 0.717) is 11.8 Å². The third kappa shape index (κ3) is 4.68. The minimum absolute atomic E-state index is 0.117. The van der Waals surface area contributed by atoms with Crippen molar-refractivity contribution in [1.82, 2.24) is 20.2 Å². The van der Waals surface area contributed by atoms with Gasteiger partial charge in [-0.3, -0.25) is 9.52 Å². The Kier molecular flexibility index (Phi) is 5.24. The first kappa shape index (κ1) is 20.3. The Morgan fingerprint density at radius 2 is 1.90 bits per heavy atom. The first-order chi connectivity index (χ1) is 13.6. The number of anilines is 2. The molecule has 3 rings (SSSR count). The van der Waals surface area contributed by atoms with E-state index in [0.717, 1.165) is 19.1 Å². The highest BCUT2D eigenvalue weighted by Crippen LogP contribution is 2.37. The molecule has 13 heteroatoms. The lowest BCUT2D eigenvalue weighted by Gasteiger charge is -2.16. The van der Waals surface area contributed by atoms with Gasteiger partial charge in [0.05, 0.1) is 21.8 Å². The van der Waals surface area contributed by atoms with Gasteiger partial charge in [-0.1, -0.05) is 6.07 Å². The molecule has 0 atom stereocenters. The van der Waals surface area contributed by atoms with Gasteiger partial charge in [-0.25, -0.2) is 13.1 Å². The van der Waals surface area contributed by atoms with Crippen molar-refractivity contribution >= 4 is 27.3 Å². The molecule has 1 aromatic heterocycles. The van der Waals surface area contributed by atoms with Crippen LogP contribution in [0.5, 0.6) is 0 Å². The smallest absolute Gasteiger partial charge is 0.326 e. The summed E-state index contributed by atoms with van der Waals surface area (Å²) >= 11 is 0. The van der Waals surface area contributed by atoms with Crippen LogP contribution in [0.2, 0.25) is 0 Å². The van der Waals surface area contributed by atoms with E-state index in [1.807, 2.05) is 4.72 Å². The lowest BCUT2D eigenvalue weighted by molar-refractivity contribution is -0.136. The van der Waals surface area contributed by atoms with Crippen LogP contribution in [0, 0.1) is 0 Å². The van der Waals surface area contributed by atoms with Gasteiger partial charge < -0.3 is 5.32 Å². The molecule has 3 aromatic rings. The molecule has 0 unspecified atom stereocenters. The number of nitrogens with zero attached hydrogens (tertiary/aromatic N) is 4. The van der Waals surface area contributed by atoms with Gasteiger partial charge in [0.15, 0.2) is 0 Å². The number of tetrazole rings is 1. The van der Waals surface area contributed by atoms with E-state index in [1.54, 1.807) is 0 Å². The van der Waals surface area contributed by atoms with E-state index < -0.39 is 33.4 Å². The van der Waals surface area contributed by atoms with Crippen LogP contribution in [0.4, 0.5) is 24.5 Å². The van der Waals surface area contributed by atoms with Crippen molar-refractivity contribution < 1.29 is 26.4 Å². The van der Waals surface area contributed by atoms with Crippen molar-refractivity contribution in [1.29, 1.82) is 0 Å². The molecule has 0 aliphatic carbocycles. The maximum atomic E-state index is 13.4. The average molecular weight is 426 g/mol. The SMILES string of the molecule is CC(=O)Nc1ccc(NS(=O)(=O)c2cccc(-n3cnnn3)c2)c(C(F)(F)F)c1. The molecule has 0 aliphatic heterocycles. The predicted octanol–water partition coefficient (Wildman–Crippen LogP) is 2.44. The van der Waals surface area contributed by atoms with Crippen LogP contribution in [0.3, 0.4) is 0 Å². The molecular weight excluding hydrogens is 413 g/mol. The van der Waals surface area contributed by atoms with E-state index in [4.69, 9.17) is 0 Å². The van der Waals surface area contributed by atoms with E-state index in [1.165, 1.54) is 35.3 Å². The summed E-state index contributed by atoms with van der Waals surface area (Å²) < 4.78 is 68.7. The van der Waals surface area contributed by atoms with Crippen LogP contribution >= 0.6 is 0 Å². The van der Waals surface area contributed by atoms with Gasteiger partial charge >= 0.3 is 6.18 Å². The first-order valence-electron chi connectivity index (χ1n) is 7.91. The lowest BCUT2D eigenvalue weighted by Crippen LogP contribution is -2.18. The number of carbonyl (C=O) groups excluding carboxylic acids is 1. The highest BCUT2D eigenvalue weighted by Gasteiger charge is 2.35. The van der Waals surface area contributed by atoms with Crippen LogP contribution in [0.15, 0.2) is 53.7 Å². The molecule has 152 valence electrons. The van der Waals surface area contributed by atoms with Crippen molar-refractivity contribution in [2.45, 2.75) is 18.0 Å². The predicted molar refractivity (Wildman–Crippen MR) is 95.7 cm³/mol. The van der Waals surface area contributed by atoms with Crippen molar-refractivity contribution in [2.24, 2.45) is 0 Å². The molecule has 0 radical (unpaired) electrons. The quantitative estimate of drug-likeness (QED) is 0.647. The topological polar surface area (TPSA) is 119 Å². The molecule has 2 N–H and O–H groups in total. The third-order valence-electron chi connectivity index (χ3n) is 3.63. The number of hydrogen-bond acceptors (Lipinski definition) is 6. The number of nitrogens with one attached hydrogen (secondary N) is 2. The minimum atomic E-state index is -4.86. The summed E-state index contributed by atoms with van der Waals surface area (Å²) in [7, 11) is -4.36. The first-order valence-corrected chi connectivity index (χ1v) is 9.40. The lowest BCUT2D eigenvalue weighted by atomic mass is 10.1. The van der Waals surface area contributed by atoms with Crippen LogP contribution in [-0.2, 0) is 21.0 Å². The Labute approximate surface area is 162 Å². The second kappa shape index (κ2) is 7.50. The number of amides is 1. The Morgan fingerprint density at radius 1 is 1.14 bits per heavy atom. The fourth-order valence-corrected chi connectivity index (χ4v) is 3.54. The van der Waals surface area contributed by atoms with Crippen molar-refractivity contribution in [3.05, 3.63) is 54.4 Å². The van der Waals surface area contributed by atoms with Crippen LogP contribution in [0.25, 0.3) is 5.69 Å². The second-order valence-corrected chi connectivity index (χ2v) is 7.48. The van der Waals surface area contributed by atoms with Crippen molar-refractivity contribution in [3.8, 4) is 5.69 Å². The molecule has 0 spiro atoms.